The Morgan fingerprint density at radius 1 is 1.00 bits per heavy atom. The maximum absolute atomic E-state index is 11.6. The molecule has 2 aromatic carbocycles. The van der Waals surface area contributed by atoms with Gasteiger partial charge in [0, 0.05) is 12.0 Å². The van der Waals surface area contributed by atoms with E-state index in [0.29, 0.717) is 6.54 Å². The smallest absolute Gasteiger partial charge is 0.271 e. The first-order valence-corrected chi connectivity index (χ1v) is 8.94. The number of anilines is 1. The number of hydrogen-bond donors (Lipinski definition) is 1. The summed E-state index contributed by atoms with van der Waals surface area (Å²) < 4.78 is 2.25. The van der Waals surface area contributed by atoms with E-state index in [4.69, 9.17) is 0 Å². The molecule has 0 saturated heterocycles. The van der Waals surface area contributed by atoms with E-state index in [1.807, 2.05) is 30.3 Å². The van der Waals surface area contributed by atoms with Crippen molar-refractivity contribution in [3.8, 4) is 0 Å². The summed E-state index contributed by atoms with van der Waals surface area (Å²) in [5, 5.41) is 11.6. The van der Waals surface area contributed by atoms with Crippen molar-refractivity contribution >= 4 is 11.5 Å². The van der Waals surface area contributed by atoms with Crippen LogP contribution in [0.4, 0.5) is 5.69 Å². The predicted octanol–water partition coefficient (Wildman–Crippen LogP) is 3.65. The second-order valence-electron chi connectivity index (χ2n) is 6.99. The molecular weight excluding hydrogens is 296 g/mol. The van der Waals surface area contributed by atoms with Crippen LogP contribution in [-0.4, -0.2) is 28.6 Å². The van der Waals surface area contributed by atoms with Crippen LogP contribution in [-0.2, 0) is 5.72 Å². The van der Waals surface area contributed by atoms with E-state index in [2.05, 4.69) is 40.7 Å². The van der Waals surface area contributed by atoms with Gasteiger partial charge in [-0.1, -0.05) is 42.5 Å². The number of hydrogen-bond acceptors (Lipinski definition) is 2. The first-order chi connectivity index (χ1) is 11.7. The van der Waals surface area contributed by atoms with Crippen molar-refractivity contribution in [2.24, 2.45) is 0 Å². The lowest BCUT2D eigenvalue weighted by Crippen LogP contribution is -2.40. The van der Waals surface area contributed by atoms with Crippen LogP contribution in [0.25, 0.3) is 0 Å². The molecule has 0 spiro atoms. The zero-order chi connectivity index (χ0) is 16.6. The van der Waals surface area contributed by atoms with E-state index in [0.717, 1.165) is 24.9 Å². The molecule has 0 fully saturated rings. The molecule has 124 valence electrons. The molecule has 4 rings (SSSR count). The largest absolute Gasteiger partial charge is 0.346 e. The van der Waals surface area contributed by atoms with Crippen LogP contribution in [0.15, 0.2) is 54.6 Å². The summed E-state index contributed by atoms with van der Waals surface area (Å²) in [4.78, 5) is 2.32. The summed E-state index contributed by atoms with van der Waals surface area (Å²) in [5.74, 6) is 1.27. The van der Waals surface area contributed by atoms with Crippen LogP contribution < -0.4 is 4.90 Å². The predicted molar refractivity (Wildman–Crippen MR) is 97.5 cm³/mol. The first-order valence-electron chi connectivity index (χ1n) is 8.94. The van der Waals surface area contributed by atoms with E-state index < -0.39 is 5.72 Å². The number of aryl methyl sites for hydroxylation is 1. The lowest BCUT2D eigenvalue weighted by atomic mass is 10.0. The van der Waals surface area contributed by atoms with Crippen molar-refractivity contribution in [1.82, 2.24) is 0 Å². The number of nitrogens with zero attached hydrogens (tertiary/aromatic N) is 2. The van der Waals surface area contributed by atoms with Crippen molar-refractivity contribution < 1.29 is 9.68 Å². The molecule has 0 aromatic heterocycles. The highest BCUT2D eigenvalue weighted by Gasteiger charge is 2.51. The maximum atomic E-state index is 11.6. The highest BCUT2D eigenvalue weighted by molar-refractivity contribution is 5.96. The van der Waals surface area contributed by atoms with Gasteiger partial charge >= 0.3 is 0 Å². The summed E-state index contributed by atoms with van der Waals surface area (Å²) in [7, 11) is 0. The second-order valence-corrected chi connectivity index (χ2v) is 6.99. The fourth-order valence-corrected chi connectivity index (χ4v) is 4.06. The number of benzene rings is 2. The van der Waals surface area contributed by atoms with E-state index in [9.17, 15) is 5.11 Å². The van der Waals surface area contributed by atoms with E-state index >= 15 is 0 Å². The van der Waals surface area contributed by atoms with Crippen LogP contribution >= 0.6 is 0 Å². The molecule has 2 aliphatic rings. The third-order valence-electron chi connectivity index (χ3n) is 5.28. The minimum absolute atomic E-state index is 0.593. The van der Waals surface area contributed by atoms with Gasteiger partial charge in [-0.05, 0) is 43.9 Å². The van der Waals surface area contributed by atoms with E-state index in [-0.39, 0.29) is 0 Å². The quantitative estimate of drug-likeness (QED) is 0.855. The van der Waals surface area contributed by atoms with Gasteiger partial charge < -0.3 is 5.11 Å². The van der Waals surface area contributed by atoms with Crippen molar-refractivity contribution in [2.45, 2.75) is 38.3 Å². The Morgan fingerprint density at radius 2 is 1.83 bits per heavy atom. The molecule has 3 heteroatoms. The Morgan fingerprint density at radius 3 is 2.62 bits per heavy atom. The van der Waals surface area contributed by atoms with Gasteiger partial charge in [0.2, 0.25) is 0 Å². The Labute approximate surface area is 143 Å². The molecule has 0 radical (unpaired) electrons. The van der Waals surface area contributed by atoms with Crippen LogP contribution in [0.3, 0.4) is 0 Å². The summed E-state index contributed by atoms with van der Waals surface area (Å²) >= 11 is 0. The lowest BCUT2D eigenvalue weighted by Gasteiger charge is -2.23. The van der Waals surface area contributed by atoms with Crippen LogP contribution in [0.2, 0.25) is 0 Å². The molecule has 2 aromatic rings. The molecule has 1 atom stereocenters. The van der Waals surface area contributed by atoms with Gasteiger partial charge in [-0.3, -0.25) is 0 Å². The monoisotopic (exact) mass is 321 g/mol. The molecular formula is C21H25N2O+. The number of aliphatic hydroxyl groups is 1. The Kier molecular flexibility index (Phi) is 3.89. The Bertz CT molecular complexity index is 768. The number of amidine groups is 1. The molecule has 2 heterocycles. The van der Waals surface area contributed by atoms with Gasteiger partial charge in [-0.2, -0.15) is 0 Å². The van der Waals surface area contributed by atoms with Gasteiger partial charge in [0.05, 0.1) is 6.54 Å². The molecule has 24 heavy (non-hydrogen) atoms. The molecule has 1 N–H and O–H groups in total. The van der Waals surface area contributed by atoms with Gasteiger partial charge in [0.15, 0.2) is 6.54 Å². The van der Waals surface area contributed by atoms with Crippen LogP contribution in [0.1, 0.15) is 36.8 Å². The molecule has 0 amide bonds. The number of β-amino-alcohol motifs (C(OH)–C–C–N with tert-alkyl or cyclic N) is 1. The summed E-state index contributed by atoms with van der Waals surface area (Å²) in [6, 6.07) is 18.7. The summed E-state index contributed by atoms with van der Waals surface area (Å²) in [5.41, 5.74) is 2.48. The highest BCUT2D eigenvalue weighted by atomic mass is 16.3. The fraction of sp³-hybridized carbons (Fsp3) is 0.381. The summed E-state index contributed by atoms with van der Waals surface area (Å²) in [6.07, 6.45) is 4.59. The van der Waals surface area contributed by atoms with E-state index in [1.165, 1.54) is 29.9 Å². The third-order valence-corrected chi connectivity index (χ3v) is 5.28. The highest BCUT2D eigenvalue weighted by Crippen LogP contribution is 2.35. The minimum Gasteiger partial charge on any atom is -0.346 e. The SMILES string of the molecule is Cc1cccc(N2CC(O)(c3ccccc3)[N+]3=C2CCCCC3)c1. The molecule has 0 saturated carbocycles. The summed E-state index contributed by atoms with van der Waals surface area (Å²) in [6.45, 7) is 3.64. The Balaban J connectivity index is 1.82. The standard InChI is InChI=1S/C21H25N2O/c1-17-9-8-12-19(15-17)22-16-21(24,18-10-4-2-5-11-18)23-14-7-3-6-13-20(22)23/h2,4-5,8-12,15,24H,3,6-7,13-14,16H2,1H3/q+1. The lowest BCUT2D eigenvalue weighted by molar-refractivity contribution is -0.658. The topological polar surface area (TPSA) is 26.5 Å². The molecule has 3 nitrogen and oxygen atoms in total. The molecule has 0 aliphatic carbocycles. The van der Waals surface area contributed by atoms with Crippen LogP contribution in [0.5, 0.6) is 0 Å². The molecule has 0 bridgehead atoms. The average molecular weight is 321 g/mol. The Hall–Kier alpha value is -2.13. The second kappa shape index (κ2) is 6.06. The first kappa shape index (κ1) is 15.4. The van der Waals surface area contributed by atoms with Gasteiger partial charge in [-0.15, -0.1) is 0 Å². The minimum atomic E-state index is -0.940. The van der Waals surface area contributed by atoms with Crippen molar-refractivity contribution in [3.63, 3.8) is 0 Å². The van der Waals surface area contributed by atoms with Gasteiger partial charge in [-0.25, -0.2) is 9.48 Å². The molecule has 1 unspecified atom stereocenters. The van der Waals surface area contributed by atoms with Crippen molar-refractivity contribution in [3.05, 3.63) is 65.7 Å². The van der Waals surface area contributed by atoms with Crippen molar-refractivity contribution in [2.75, 3.05) is 18.0 Å². The van der Waals surface area contributed by atoms with Gasteiger partial charge in [0.25, 0.3) is 11.6 Å². The number of rotatable bonds is 2. The van der Waals surface area contributed by atoms with Crippen LogP contribution in [0, 0.1) is 6.92 Å². The zero-order valence-electron chi connectivity index (χ0n) is 14.3. The average Bonchev–Trinajstić information content (AvgIpc) is 2.77. The molecule has 2 aliphatic heterocycles. The fourth-order valence-electron chi connectivity index (χ4n) is 4.06. The maximum Gasteiger partial charge on any atom is 0.271 e. The van der Waals surface area contributed by atoms with Crippen molar-refractivity contribution in [1.29, 1.82) is 0 Å². The third kappa shape index (κ3) is 2.53. The van der Waals surface area contributed by atoms with Gasteiger partial charge in [0.1, 0.15) is 5.69 Å². The zero-order valence-corrected chi connectivity index (χ0v) is 14.3. The normalized spacial score (nSPS) is 24.0. The van der Waals surface area contributed by atoms with E-state index in [1.54, 1.807) is 0 Å².